The van der Waals surface area contributed by atoms with Crippen molar-refractivity contribution in [3.05, 3.63) is 12.2 Å². The van der Waals surface area contributed by atoms with Crippen LogP contribution in [0.15, 0.2) is 12.2 Å². The van der Waals surface area contributed by atoms with Gasteiger partial charge in [0.1, 0.15) is 0 Å². The van der Waals surface area contributed by atoms with Gasteiger partial charge >= 0.3 is 0 Å². The molecule has 0 rings (SSSR count). The molecule has 0 saturated heterocycles. The predicted molar refractivity (Wildman–Crippen MR) is 105 cm³/mol. The maximum atomic E-state index is 9.24. The van der Waals surface area contributed by atoms with Crippen molar-refractivity contribution in [2.24, 2.45) is 11.7 Å². The molecule has 144 valence electrons. The van der Waals surface area contributed by atoms with E-state index in [0.29, 0.717) is 0 Å². The average Bonchev–Trinajstić information content (AvgIpc) is 2.53. The van der Waals surface area contributed by atoms with Crippen molar-refractivity contribution < 1.29 is 10.2 Å². The fourth-order valence-electron chi connectivity index (χ4n) is 2.91. The highest BCUT2D eigenvalue weighted by Gasteiger charge is 2.24. The first kappa shape index (κ1) is 23.6. The zero-order valence-electron chi connectivity index (χ0n) is 16.3. The molecular formula is C21H43NO2. The van der Waals surface area contributed by atoms with Gasteiger partial charge in [0.25, 0.3) is 0 Å². The molecule has 0 heterocycles. The smallest absolute Gasteiger partial charge is 0.222 e. The summed E-state index contributed by atoms with van der Waals surface area (Å²) in [5, 5.41) is 18.5. The molecule has 0 saturated carbocycles. The third-order valence-corrected chi connectivity index (χ3v) is 4.87. The fraction of sp³-hybridized carbons (Fsp3) is 0.905. The lowest BCUT2D eigenvalue weighted by Gasteiger charge is -2.23. The van der Waals surface area contributed by atoms with Gasteiger partial charge in [0.2, 0.25) is 5.91 Å². The van der Waals surface area contributed by atoms with Crippen molar-refractivity contribution in [2.45, 2.75) is 116 Å². The van der Waals surface area contributed by atoms with Gasteiger partial charge in [-0.15, -0.1) is 0 Å². The van der Waals surface area contributed by atoms with Crippen LogP contribution in [0.5, 0.6) is 0 Å². The summed E-state index contributed by atoms with van der Waals surface area (Å²) in [6.45, 7) is 4.05. The molecule has 0 amide bonds. The molecule has 1 atom stereocenters. The maximum absolute atomic E-state index is 9.24. The van der Waals surface area contributed by atoms with Gasteiger partial charge in [0.15, 0.2) is 0 Å². The topological polar surface area (TPSA) is 66.5 Å². The third kappa shape index (κ3) is 16.5. The van der Waals surface area contributed by atoms with E-state index in [1.165, 1.54) is 77.0 Å². The summed E-state index contributed by atoms with van der Waals surface area (Å²) in [6, 6.07) is 0. The molecule has 0 aliphatic rings. The minimum Gasteiger partial charge on any atom is -0.353 e. The van der Waals surface area contributed by atoms with E-state index in [9.17, 15) is 10.2 Å². The normalized spacial score (nSPS) is 13.7. The predicted octanol–water partition coefficient (Wildman–Crippen LogP) is 5.65. The van der Waals surface area contributed by atoms with Crippen molar-refractivity contribution in [2.75, 3.05) is 0 Å². The average molecular weight is 342 g/mol. The molecule has 1 unspecified atom stereocenters. The van der Waals surface area contributed by atoms with Gasteiger partial charge in [-0.05, 0) is 32.1 Å². The number of hydrogen-bond donors (Lipinski definition) is 3. The Bertz CT molecular complexity index is 284. The van der Waals surface area contributed by atoms with Crippen LogP contribution in [0.1, 0.15) is 110 Å². The summed E-state index contributed by atoms with van der Waals surface area (Å²) in [4.78, 5) is 0. The van der Waals surface area contributed by atoms with Crippen LogP contribution in [-0.4, -0.2) is 16.1 Å². The number of unbranched alkanes of at least 4 members (excludes halogenated alkanes) is 12. The molecule has 0 aliphatic heterocycles. The molecule has 3 heteroatoms. The number of rotatable bonds is 17. The van der Waals surface area contributed by atoms with Crippen LogP contribution in [0.25, 0.3) is 0 Å². The molecule has 0 aromatic carbocycles. The first-order valence-electron chi connectivity index (χ1n) is 10.4. The van der Waals surface area contributed by atoms with Gasteiger partial charge in [-0.3, -0.25) is 5.73 Å². The highest BCUT2D eigenvalue weighted by atomic mass is 16.5. The van der Waals surface area contributed by atoms with E-state index in [-0.39, 0.29) is 5.92 Å². The Morgan fingerprint density at radius 1 is 0.750 bits per heavy atom. The highest BCUT2D eigenvalue weighted by Crippen LogP contribution is 2.17. The van der Waals surface area contributed by atoms with Crippen molar-refractivity contribution >= 4 is 0 Å². The summed E-state index contributed by atoms with van der Waals surface area (Å²) < 4.78 is 0. The second-order valence-electron chi connectivity index (χ2n) is 7.41. The highest BCUT2D eigenvalue weighted by molar-refractivity contribution is 4.81. The Morgan fingerprint density at radius 2 is 1.17 bits per heavy atom. The van der Waals surface area contributed by atoms with Gasteiger partial charge in [-0.1, -0.05) is 90.2 Å². The Kier molecular flexibility index (Phi) is 15.9. The largest absolute Gasteiger partial charge is 0.353 e. The minimum absolute atomic E-state index is 0.255. The van der Waals surface area contributed by atoms with E-state index in [1.807, 2.05) is 0 Å². The van der Waals surface area contributed by atoms with E-state index < -0.39 is 5.91 Å². The number of aliphatic hydroxyl groups is 2. The Morgan fingerprint density at radius 3 is 1.62 bits per heavy atom. The van der Waals surface area contributed by atoms with Crippen molar-refractivity contribution in [1.82, 2.24) is 0 Å². The molecule has 0 aromatic rings. The second-order valence-corrected chi connectivity index (χ2v) is 7.41. The molecule has 3 nitrogen and oxygen atoms in total. The molecular weight excluding hydrogens is 298 g/mol. The quantitative estimate of drug-likeness (QED) is 0.182. The summed E-state index contributed by atoms with van der Waals surface area (Å²) in [6.07, 6.45) is 23.6. The molecule has 0 bridgehead atoms. The Labute approximate surface area is 150 Å². The van der Waals surface area contributed by atoms with Crippen molar-refractivity contribution in [3.63, 3.8) is 0 Å². The lowest BCUT2D eigenvalue weighted by molar-refractivity contribution is -0.192. The van der Waals surface area contributed by atoms with E-state index in [1.54, 1.807) is 6.92 Å². The molecule has 0 aromatic heterocycles. The Balaban J connectivity index is 3.21. The number of allylic oxidation sites excluding steroid dienone is 2. The minimum atomic E-state index is -2.01. The van der Waals surface area contributed by atoms with Crippen LogP contribution < -0.4 is 5.73 Å². The van der Waals surface area contributed by atoms with Crippen LogP contribution in [0, 0.1) is 5.92 Å². The lowest BCUT2D eigenvalue weighted by atomic mass is 9.99. The van der Waals surface area contributed by atoms with Crippen LogP contribution in [-0.2, 0) is 0 Å². The van der Waals surface area contributed by atoms with Crippen LogP contribution in [0.3, 0.4) is 0 Å². The van der Waals surface area contributed by atoms with E-state index in [4.69, 9.17) is 5.73 Å². The summed E-state index contributed by atoms with van der Waals surface area (Å²) >= 11 is 0. The fourth-order valence-corrected chi connectivity index (χ4v) is 2.91. The summed E-state index contributed by atoms with van der Waals surface area (Å²) in [7, 11) is 0. The second kappa shape index (κ2) is 16.1. The first-order valence-corrected chi connectivity index (χ1v) is 10.4. The Hall–Kier alpha value is -0.380. The molecule has 0 fully saturated rings. The zero-order chi connectivity index (χ0) is 18.1. The molecule has 4 N–H and O–H groups in total. The van der Waals surface area contributed by atoms with Crippen LogP contribution >= 0.6 is 0 Å². The number of nitrogens with two attached hydrogens (primary N) is 1. The van der Waals surface area contributed by atoms with Gasteiger partial charge in [-0.25, -0.2) is 0 Å². The maximum Gasteiger partial charge on any atom is 0.222 e. The summed E-state index contributed by atoms with van der Waals surface area (Å²) in [5.41, 5.74) is 5.25. The first-order chi connectivity index (χ1) is 11.5. The molecule has 0 radical (unpaired) electrons. The standard InChI is InChI=1S/C21H43NO2/c1-3-4-5-6-7-8-9-10-11-12-13-14-15-16-17-18-19-20(2)21(22,23)24/h10-11,20,23-24H,3-9,12-19,22H2,1-2H3/b11-10-. The van der Waals surface area contributed by atoms with E-state index >= 15 is 0 Å². The van der Waals surface area contributed by atoms with Crippen molar-refractivity contribution in [3.8, 4) is 0 Å². The van der Waals surface area contributed by atoms with Gasteiger partial charge in [0, 0.05) is 5.92 Å². The summed E-state index contributed by atoms with van der Waals surface area (Å²) in [5.74, 6) is -2.27. The molecule has 24 heavy (non-hydrogen) atoms. The van der Waals surface area contributed by atoms with Gasteiger partial charge < -0.3 is 10.2 Å². The monoisotopic (exact) mass is 341 g/mol. The molecule has 0 aliphatic carbocycles. The molecule has 0 spiro atoms. The van der Waals surface area contributed by atoms with Gasteiger partial charge in [0.05, 0.1) is 0 Å². The van der Waals surface area contributed by atoms with E-state index in [0.717, 1.165) is 19.3 Å². The third-order valence-electron chi connectivity index (χ3n) is 4.87. The van der Waals surface area contributed by atoms with E-state index in [2.05, 4.69) is 19.1 Å². The van der Waals surface area contributed by atoms with Crippen molar-refractivity contribution in [1.29, 1.82) is 0 Å². The SMILES string of the molecule is CCCCCCCC/C=C\CCCCCCCCC(C)C(N)(O)O. The number of hydrogen-bond acceptors (Lipinski definition) is 3. The van der Waals surface area contributed by atoms with Gasteiger partial charge in [-0.2, -0.15) is 0 Å². The van der Waals surface area contributed by atoms with Crippen LogP contribution in [0.4, 0.5) is 0 Å². The lowest BCUT2D eigenvalue weighted by Crippen LogP contribution is -2.45. The zero-order valence-corrected chi connectivity index (χ0v) is 16.3. The van der Waals surface area contributed by atoms with Crippen LogP contribution in [0.2, 0.25) is 0 Å².